The van der Waals surface area contributed by atoms with Crippen LogP contribution in [0.3, 0.4) is 0 Å². The van der Waals surface area contributed by atoms with E-state index in [0.717, 1.165) is 11.6 Å². The molecule has 0 aliphatic heterocycles. The predicted molar refractivity (Wildman–Crippen MR) is 48.2 cm³/mol. The molecule has 0 aliphatic carbocycles. The minimum Gasteiger partial charge on any atom is -0.393 e. The Morgan fingerprint density at radius 3 is 2.45 bits per heavy atom. The lowest BCUT2D eigenvalue weighted by atomic mass is 10.5. The van der Waals surface area contributed by atoms with Gasteiger partial charge in [0.2, 0.25) is 0 Å². The first-order chi connectivity index (χ1) is 4.97. The number of nitrogens with zero attached hydrogens (tertiary/aromatic N) is 1. The zero-order chi connectivity index (χ0) is 8.48. The molecular formula is C7H14N2OSi. The highest BCUT2D eigenvalue weighted by Gasteiger charge is 2.14. The first-order valence-electron chi connectivity index (χ1n) is 3.69. The molecule has 1 aromatic heterocycles. The lowest BCUT2D eigenvalue weighted by Gasteiger charge is -2.15. The lowest BCUT2D eigenvalue weighted by molar-refractivity contribution is 0.400. The highest BCUT2D eigenvalue weighted by molar-refractivity contribution is 6.79. The topological polar surface area (TPSA) is 38.1 Å². The average molecular weight is 170 g/mol. The monoisotopic (exact) mass is 170 g/mol. The molecule has 1 N–H and O–H groups in total. The normalized spacial score (nSPS) is 11.6. The number of rotatable bonds is 2. The summed E-state index contributed by atoms with van der Waals surface area (Å²) < 4.78 is 4.92. The maximum atomic E-state index is 4.92. The van der Waals surface area contributed by atoms with Crippen LogP contribution in [0.4, 0.5) is 5.82 Å². The molecule has 0 radical (unpaired) electrons. The van der Waals surface area contributed by atoms with Crippen LogP contribution >= 0.6 is 0 Å². The molecule has 1 heterocycles. The van der Waals surface area contributed by atoms with Crippen LogP contribution in [0.25, 0.3) is 0 Å². The van der Waals surface area contributed by atoms with Gasteiger partial charge in [0, 0.05) is 6.07 Å². The van der Waals surface area contributed by atoms with Crippen molar-refractivity contribution in [2.45, 2.75) is 26.6 Å². The molecule has 3 nitrogen and oxygen atoms in total. The summed E-state index contributed by atoms with van der Waals surface area (Å²) in [5.74, 6) is 1.72. The van der Waals surface area contributed by atoms with Gasteiger partial charge < -0.3 is 9.51 Å². The Labute approximate surface area is 67.9 Å². The van der Waals surface area contributed by atoms with Crippen LogP contribution in [0.2, 0.25) is 19.6 Å². The minimum atomic E-state index is -1.26. The second-order valence-corrected chi connectivity index (χ2v) is 8.45. The predicted octanol–water partition coefficient (Wildman–Crippen LogP) is 2.23. The van der Waals surface area contributed by atoms with Crippen molar-refractivity contribution in [3.63, 3.8) is 0 Å². The van der Waals surface area contributed by atoms with Gasteiger partial charge in [0.15, 0.2) is 5.82 Å². The second-order valence-electron chi connectivity index (χ2n) is 3.70. The molecule has 0 saturated heterocycles. The van der Waals surface area contributed by atoms with E-state index < -0.39 is 8.24 Å². The van der Waals surface area contributed by atoms with Gasteiger partial charge in [0.25, 0.3) is 0 Å². The molecule has 4 heteroatoms. The summed E-state index contributed by atoms with van der Waals surface area (Å²) in [4.78, 5) is 3.34. The van der Waals surface area contributed by atoms with E-state index in [1.807, 2.05) is 13.0 Å². The van der Waals surface area contributed by atoms with Crippen molar-refractivity contribution >= 4 is 14.1 Å². The molecule has 0 fully saturated rings. The first-order valence-corrected chi connectivity index (χ1v) is 7.19. The van der Waals surface area contributed by atoms with Crippen molar-refractivity contribution in [1.82, 2.24) is 5.16 Å². The number of aryl methyl sites for hydroxylation is 1. The number of aromatic nitrogens is 1. The Morgan fingerprint density at radius 1 is 1.45 bits per heavy atom. The summed E-state index contributed by atoms with van der Waals surface area (Å²) in [5, 5.41) is 3.85. The van der Waals surface area contributed by atoms with Gasteiger partial charge in [-0.05, 0) is 6.92 Å². The van der Waals surface area contributed by atoms with Crippen LogP contribution in [0.1, 0.15) is 5.76 Å². The van der Waals surface area contributed by atoms with Gasteiger partial charge in [-0.25, -0.2) is 0 Å². The molecular weight excluding hydrogens is 156 g/mol. The fourth-order valence-electron chi connectivity index (χ4n) is 0.810. The molecule has 0 atom stereocenters. The van der Waals surface area contributed by atoms with E-state index in [-0.39, 0.29) is 0 Å². The Balaban J connectivity index is 2.65. The van der Waals surface area contributed by atoms with Gasteiger partial charge in [-0.2, -0.15) is 0 Å². The van der Waals surface area contributed by atoms with E-state index in [1.165, 1.54) is 0 Å². The molecule has 0 saturated carbocycles. The van der Waals surface area contributed by atoms with Gasteiger partial charge in [-0.3, -0.25) is 0 Å². The first kappa shape index (κ1) is 8.32. The van der Waals surface area contributed by atoms with Gasteiger partial charge in [0.05, 0.1) is 0 Å². The SMILES string of the molecule is Cc1cc(N[Si](C)(C)C)no1. The number of nitrogens with one attached hydrogen (secondary N) is 1. The van der Waals surface area contributed by atoms with Crippen molar-refractivity contribution in [3.8, 4) is 0 Å². The smallest absolute Gasteiger partial charge is 0.161 e. The standard InChI is InChI=1S/C7H14N2OSi/c1-6-5-7(8-10-6)9-11(2,3)4/h5H,1-4H3,(H,8,9). The third-order valence-electron chi connectivity index (χ3n) is 1.13. The van der Waals surface area contributed by atoms with E-state index in [2.05, 4.69) is 29.8 Å². The number of hydrogen-bond acceptors (Lipinski definition) is 3. The summed E-state index contributed by atoms with van der Waals surface area (Å²) >= 11 is 0. The maximum Gasteiger partial charge on any atom is 0.161 e. The van der Waals surface area contributed by atoms with E-state index in [0.29, 0.717) is 0 Å². The maximum absolute atomic E-state index is 4.92. The van der Waals surface area contributed by atoms with Crippen molar-refractivity contribution in [2.75, 3.05) is 4.98 Å². The second kappa shape index (κ2) is 2.69. The summed E-state index contributed by atoms with van der Waals surface area (Å²) in [5.41, 5.74) is 0. The van der Waals surface area contributed by atoms with Gasteiger partial charge in [0.1, 0.15) is 14.0 Å². The van der Waals surface area contributed by atoms with Crippen LogP contribution in [-0.4, -0.2) is 13.4 Å². The number of hydrogen-bond donors (Lipinski definition) is 1. The summed E-state index contributed by atoms with van der Waals surface area (Å²) in [6.45, 7) is 8.55. The zero-order valence-corrected chi connectivity index (χ0v) is 8.43. The Bertz CT molecular complexity index is 239. The fraction of sp³-hybridized carbons (Fsp3) is 0.571. The van der Waals surface area contributed by atoms with Crippen LogP contribution in [0, 0.1) is 6.92 Å². The molecule has 62 valence electrons. The van der Waals surface area contributed by atoms with Gasteiger partial charge in [-0.1, -0.05) is 24.8 Å². The van der Waals surface area contributed by atoms with Crippen LogP contribution in [0.5, 0.6) is 0 Å². The lowest BCUT2D eigenvalue weighted by Crippen LogP contribution is -2.32. The largest absolute Gasteiger partial charge is 0.393 e. The molecule has 0 unspecified atom stereocenters. The highest BCUT2D eigenvalue weighted by Crippen LogP contribution is 2.11. The van der Waals surface area contributed by atoms with Crippen LogP contribution < -0.4 is 4.98 Å². The van der Waals surface area contributed by atoms with Crippen molar-refractivity contribution in [1.29, 1.82) is 0 Å². The number of anilines is 1. The van der Waals surface area contributed by atoms with Crippen LogP contribution in [-0.2, 0) is 0 Å². The van der Waals surface area contributed by atoms with Crippen molar-refractivity contribution in [3.05, 3.63) is 11.8 Å². The Hall–Kier alpha value is -0.773. The molecule has 0 aromatic carbocycles. The summed E-state index contributed by atoms with van der Waals surface area (Å²) in [7, 11) is -1.26. The molecule has 11 heavy (non-hydrogen) atoms. The molecule has 0 amide bonds. The third-order valence-corrected chi connectivity index (χ3v) is 2.14. The molecule has 0 aliphatic rings. The zero-order valence-electron chi connectivity index (χ0n) is 7.43. The Morgan fingerprint density at radius 2 is 2.09 bits per heavy atom. The minimum absolute atomic E-state index is 0.853. The fourth-order valence-corrected chi connectivity index (χ4v) is 1.70. The summed E-state index contributed by atoms with van der Waals surface area (Å²) in [6.07, 6.45) is 0. The van der Waals surface area contributed by atoms with E-state index in [9.17, 15) is 0 Å². The van der Waals surface area contributed by atoms with E-state index in [4.69, 9.17) is 4.52 Å². The molecule has 0 spiro atoms. The summed E-state index contributed by atoms with van der Waals surface area (Å²) in [6, 6.07) is 1.91. The van der Waals surface area contributed by atoms with Crippen molar-refractivity contribution in [2.24, 2.45) is 0 Å². The van der Waals surface area contributed by atoms with E-state index >= 15 is 0 Å². The quantitative estimate of drug-likeness (QED) is 0.692. The highest BCUT2D eigenvalue weighted by atomic mass is 28.3. The third kappa shape index (κ3) is 2.75. The van der Waals surface area contributed by atoms with E-state index in [1.54, 1.807) is 0 Å². The Kier molecular flexibility index (Phi) is 2.04. The van der Waals surface area contributed by atoms with Gasteiger partial charge in [-0.15, -0.1) is 0 Å². The molecule has 0 bridgehead atoms. The van der Waals surface area contributed by atoms with Crippen molar-refractivity contribution < 1.29 is 4.52 Å². The van der Waals surface area contributed by atoms with Crippen LogP contribution in [0.15, 0.2) is 10.6 Å². The average Bonchev–Trinajstić information content (AvgIpc) is 2.10. The molecule has 1 rings (SSSR count). The van der Waals surface area contributed by atoms with Gasteiger partial charge >= 0.3 is 0 Å². The molecule has 1 aromatic rings.